The van der Waals surface area contributed by atoms with E-state index in [1.165, 1.54) is 25.2 Å². The first-order valence-corrected chi connectivity index (χ1v) is 7.78. The Hall–Kier alpha value is -1.63. The van der Waals surface area contributed by atoms with Gasteiger partial charge in [0.05, 0.1) is 22.3 Å². The van der Waals surface area contributed by atoms with Crippen LogP contribution in [0, 0.1) is 11.3 Å². The number of nitrogens with zero attached hydrogens (tertiary/aromatic N) is 4. The highest BCUT2D eigenvalue weighted by molar-refractivity contribution is 9.10. The summed E-state index contributed by atoms with van der Waals surface area (Å²) >= 11 is 8.93. The van der Waals surface area contributed by atoms with Crippen LogP contribution in [-0.4, -0.2) is 23.4 Å². The molecule has 0 fully saturated rings. The van der Waals surface area contributed by atoms with E-state index in [0.717, 1.165) is 4.68 Å². The molecule has 0 bridgehead atoms. The van der Waals surface area contributed by atoms with Gasteiger partial charge in [0.15, 0.2) is 4.60 Å². The maximum absolute atomic E-state index is 12.3. The van der Waals surface area contributed by atoms with Gasteiger partial charge in [-0.2, -0.15) is 13.7 Å². The zero-order valence-corrected chi connectivity index (χ0v) is 13.2. The average Bonchev–Trinajstić information content (AvgIpc) is 2.72. The highest BCUT2D eigenvalue weighted by Gasteiger charge is 2.24. The smallest absolute Gasteiger partial charge is 0.277 e. The third kappa shape index (κ3) is 2.77. The molecule has 0 aliphatic rings. The van der Waals surface area contributed by atoms with Crippen molar-refractivity contribution in [2.24, 2.45) is 7.05 Å². The van der Waals surface area contributed by atoms with E-state index in [9.17, 15) is 8.42 Å². The molecule has 10 heteroatoms. The lowest BCUT2D eigenvalue weighted by molar-refractivity contribution is 0.578. The molecule has 2 aromatic rings. The van der Waals surface area contributed by atoms with Gasteiger partial charge in [-0.05, 0) is 34.1 Å². The Morgan fingerprint density at radius 3 is 2.75 bits per heavy atom. The molecule has 0 radical (unpaired) electrons. The van der Waals surface area contributed by atoms with Crippen LogP contribution in [0.2, 0.25) is 5.02 Å². The number of aromatic nitrogens is 3. The Balaban J connectivity index is 2.47. The molecule has 0 atom stereocenters. The predicted molar refractivity (Wildman–Crippen MR) is 75.7 cm³/mol. The summed E-state index contributed by atoms with van der Waals surface area (Å²) < 4.78 is 28.0. The molecule has 0 saturated heterocycles. The van der Waals surface area contributed by atoms with Crippen LogP contribution < -0.4 is 4.72 Å². The zero-order chi connectivity index (χ0) is 14.9. The Morgan fingerprint density at radius 1 is 1.50 bits per heavy atom. The first-order valence-electron chi connectivity index (χ1n) is 5.13. The van der Waals surface area contributed by atoms with Crippen molar-refractivity contribution in [1.82, 2.24) is 15.0 Å². The van der Waals surface area contributed by atoms with Crippen molar-refractivity contribution >= 4 is 43.2 Å². The molecular formula is C10H7BrClN5O2S. The normalized spacial score (nSPS) is 11.1. The van der Waals surface area contributed by atoms with Crippen LogP contribution in [0.25, 0.3) is 0 Å². The summed E-state index contributed by atoms with van der Waals surface area (Å²) in [5.74, 6) is 0. The summed E-state index contributed by atoms with van der Waals surface area (Å²) in [6, 6.07) is 6.18. The number of nitriles is 1. The number of hydrogen-bond donors (Lipinski definition) is 1. The Labute approximate surface area is 128 Å². The molecule has 0 spiro atoms. The van der Waals surface area contributed by atoms with Gasteiger partial charge >= 0.3 is 0 Å². The van der Waals surface area contributed by atoms with Gasteiger partial charge in [0.1, 0.15) is 0 Å². The number of hydrogen-bond acceptors (Lipinski definition) is 5. The molecular weight excluding hydrogens is 370 g/mol. The maximum atomic E-state index is 12.3. The lowest BCUT2D eigenvalue weighted by atomic mass is 10.2. The number of sulfonamides is 1. The molecule has 1 aromatic heterocycles. The second kappa shape index (κ2) is 5.40. The fraction of sp³-hybridized carbons (Fsp3) is 0.100. The van der Waals surface area contributed by atoms with Crippen molar-refractivity contribution in [3.63, 3.8) is 0 Å². The molecule has 20 heavy (non-hydrogen) atoms. The zero-order valence-electron chi connectivity index (χ0n) is 10.0. The van der Waals surface area contributed by atoms with E-state index in [4.69, 9.17) is 16.9 Å². The Morgan fingerprint density at radius 2 is 2.20 bits per heavy atom. The van der Waals surface area contributed by atoms with Gasteiger partial charge in [-0.25, -0.2) is 4.68 Å². The molecule has 0 amide bonds. The van der Waals surface area contributed by atoms with Crippen molar-refractivity contribution in [2.75, 3.05) is 4.72 Å². The Kier molecular flexibility index (Phi) is 3.99. The third-order valence-electron chi connectivity index (χ3n) is 2.33. The first-order chi connectivity index (χ1) is 9.35. The van der Waals surface area contributed by atoms with Crippen LogP contribution in [-0.2, 0) is 17.1 Å². The van der Waals surface area contributed by atoms with Crippen LogP contribution in [0.15, 0.2) is 27.8 Å². The van der Waals surface area contributed by atoms with Crippen LogP contribution in [0.3, 0.4) is 0 Å². The molecule has 0 aliphatic carbocycles. The summed E-state index contributed by atoms with van der Waals surface area (Å²) in [5.41, 5.74) is 0.396. The average molecular weight is 377 g/mol. The summed E-state index contributed by atoms with van der Waals surface area (Å²) in [4.78, 5) is 0. The molecule has 104 valence electrons. The van der Waals surface area contributed by atoms with Crippen molar-refractivity contribution in [2.45, 2.75) is 5.03 Å². The minimum Gasteiger partial charge on any atom is -0.277 e. The highest BCUT2D eigenvalue weighted by atomic mass is 79.9. The van der Waals surface area contributed by atoms with Crippen molar-refractivity contribution in [1.29, 1.82) is 5.26 Å². The van der Waals surface area contributed by atoms with E-state index in [1.54, 1.807) is 0 Å². The lowest BCUT2D eigenvalue weighted by Gasteiger charge is -2.09. The van der Waals surface area contributed by atoms with Crippen LogP contribution in [0.5, 0.6) is 0 Å². The van der Waals surface area contributed by atoms with Gasteiger partial charge in [-0.1, -0.05) is 16.8 Å². The van der Waals surface area contributed by atoms with E-state index in [0.29, 0.717) is 0 Å². The second-order valence-electron chi connectivity index (χ2n) is 3.72. The van der Waals surface area contributed by atoms with Gasteiger partial charge in [-0.15, -0.1) is 5.10 Å². The van der Waals surface area contributed by atoms with Gasteiger partial charge in [-0.3, -0.25) is 4.72 Å². The van der Waals surface area contributed by atoms with E-state index >= 15 is 0 Å². The number of nitrogens with one attached hydrogen (secondary N) is 1. The summed E-state index contributed by atoms with van der Waals surface area (Å²) in [5, 5.41) is 16.1. The fourth-order valence-electron chi connectivity index (χ4n) is 1.47. The minimum absolute atomic E-state index is 0.0834. The SMILES string of the molecule is Cn1nnc(Br)c1S(=O)(=O)Nc1cc(C#N)ccc1Cl. The summed E-state index contributed by atoms with van der Waals surface area (Å²) in [7, 11) is -2.49. The monoisotopic (exact) mass is 375 g/mol. The number of rotatable bonds is 3. The Bertz CT molecular complexity index is 792. The number of aryl methyl sites for hydroxylation is 1. The predicted octanol–water partition coefficient (Wildman–Crippen LogP) is 1.90. The van der Waals surface area contributed by atoms with Crippen LogP contribution >= 0.6 is 27.5 Å². The largest absolute Gasteiger partial charge is 0.281 e. The van der Waals surface area contributed by atoms with Crippen molar-refractivity contribution in [3.05, 3.63) is 33.4 Å². The van der Waals surface area contributed by atoms with Gasteiger partial charge < -0.3 is 0 Å². The molecule has 7 nitrogen and oxygen atoms in total. The standard InChI is InChI=1S/C10H7BrClN5O2S/c1-17-10(9(11)14-16-17)20(18,19)15-8-4-6(5-13)2-3-7(8)12/h2-4,15H,1H3. The van der Waals surface area contributed by atoms with E-state index < -0.39 is 10.0 Å². The van der Waals surface area contributed by atoms with Crippen molar-refractivity contribution < 1.29 is 8.42 Å². The van der Waals surface area contributed by atoms with Gasteiger partial charge in [0.25, 0.3) is 10.0 Å². The van der Waals surface area contributed by atoms with Crippen LogP contribution in [0.1, 0.15) is 5.56 Å². The molecule has 1 aromatic carbocycles. The fourth-order valence-corrected chi connectivity index (χ4v) is 3.86. The molecule has 1 heterocycles. The van der Waals surface area contributed by atoms with E-state index in [-0.39, 0.29) is 25.9 Å². The molecule has 0 unspecified atom stereocenters. The molecule has 0 saturated carbocycles. The van der Waals surface area contributed by atoms with Gasteiger partial charge in [0, 0.05) is 7.05 Å². The van der Waals surface area contributed by atoms with E-state index in [1.807, 2.05) is 6.07 Å². The second-order valence-corrected chi connectivity index (χ2v) is 6.48. The molecule has 1 N–H and O–H groups in total. The maximum Gasteiger partial charge on any atom is 0.281 e. The highest BCUT2D eigenvalue weighted by Crippen LogP contribution is 2.27. The summed E-state index contributed by atoms with van der Waals surface area (Å²) in [6.45, 7) is 0. The number of anilines is 1. The number of benzene rings is 1. The molecule has 2 rings (SSSR count). The quantitative estimate of drug-likeness (QED) is 0.881. The third-order valence-corrected chi connectivity index (χ3v) is 4.91. The van der Waals surface area contributed by atoms with Crippen molar-refractivity contribution in [3.8, 4) is 6.07 Å². The number of halogens is 2. The summed E-state index contributed by atoms with van der Waals surface area (Å²) in [6.07, 6.45) is 0. The van der Waals surface area contributed by atoms with Gasteiger partial charge in [0.2, 0.25) is 5.03 Å². The topological polar surface area (TPSA) is 101 Å². The van der Waals surface area contributed by atoms with Crippen LogP contribution in [0.4, 0.5) is 5.69 Å². The first kappa shape index (κ1) is 14.8. The molecule has 0 aliphatic heterocycles. The van der Waals surface area contributed by atoms with E-state index in [2.05, 4.69) is 31.0 Å². The lowest BCUT2D eigenvalue weighted by Crippen LogP contribution is -2.17. The minimum atomic E-state index is -3.93.